The number of hydrogen-bond acceptors (Lipinski definition) is 4. The summed E-state index contributed by atoms with van der Waals surface area (Å²) in [4.78, 5) is 26.1. The molecule has 1 N–H and O–H groups in total. The molecular formula is C23H28N2O3. The third-order valence-electron chi connectivity index (χ3n) is 4.74. The Balaban J connectivity index is 1.85. The van der Waals surface area contributed by atoms with Crippen LogP contribution in [0, 0.1) is 0 Å². The van der Waals surface area contributed by atoms with Crippen molar-refractivity contribution in [1.29, 1.82) is 0 Å². The number of nitrogens with zero attached hydrogens (tertiary/aromatic N) is 1. The van der Waals surface area contributed by atoms with Gasteiger partial charge in [-0.2, -0.15) is 0 Å². The van der Waals surface area contributed by atoms with Crippen LogP contribution in [-0.2, 0) is 4.74 Å². The molecule has 1 atom stereocenters. The quantitative estimate of drug-likeness (QED) is 0.784. The van der Waals surface area contributed by atoms with E-state index >= 15 is 0 Å². The molecule has 5 nitrogen and oxygen atoms in total. The molecule has 0 radical (unpaired) electrons. The zero-order valence-electron chi connectivity index (χ0n) is 16.8. The molecule has 2 aromatic rings. The average Bonchev–Trinajstić information content (AvgIpc) is 2.66. The molecule has 1 saturated heterocycles. The fraction of sp³-hybridized carbons (Fsp3) is 0.391. The average molecular weight is 380 g/mol. The van der Waals surface area contributed by atoms with Crippen molar-refractivity contribution >= 4 is 18.1 Å². The summed E-state index contributed by atoms with van der Waals surface area (Å²) in [6, 6.07) is 15.9. The molecule has 0 saturated carbocycles. The lowest BCUT2D eigenvalue weighted by atomic mass is 9.97. The smallest absolute Gasteiger partial charge is 0.407 e. The molecule has 0 unspecified atom stereocenters. The number of benzene rings is 2. The number of hydrogen-bond donors (Lipinski definition) is 1. The highest BCUT2D eigenvalue weighted by Crippen LogP contribution is 2.35. The summed E-state index contributed by atoms with van der Waals surface area (Å²) >= 11 is 0. The Morgan fingerprint density at radius 2 is 1.89 bits per heavy atom. The molecule has 5 heteroatoms. The number of amides is 1. The van der Waals surface area contributed by atoms with Crippen LogP contribution in [0.3, 0.4) is 0 Å². The lowest BCUT2D eigenvalue weighted by Gasteiger charge is -2.36. The van der Waals surface area contributed by atoms with Gasteiger partial charge in [0.05, 0.1) is 5.69 Å². The summed E-state index contributed by atoms with van der Waals surface area (Å²) in [5, 5.41) is 2.98. The fourth-order valence-electron chi connectivity index (χ4n) is 3.63. The summed E-state index contributed by atoms with van der Waals surface area (Å²) in [6.45, 7) is 7.05. The standard InChI is InChI=1S/C23H28N2O3/c1-23(2,3)28-22(27)24-19-12-8-14-25(15-19)21-18(16-26)11-7-13-20(21)17-9-5-4-6-10-17/h4-7,9-11,13,16,19H,8,12,14-15H2,1-3H3,(H,24,27)/t19-/m1/s1. The third kappa shape index (κ3) is 4.91. The van der Waals surface area contributed by atoms with Gasteiger partial charge in [-0.15, -0.1) is 0 Å². The van der Waals surface area contributed by atoms with Gasteiger partial charge in [0.15, 0.2) is 6.29 Å². The van der Waals surface area contributed by atoms with Crippen LogP contribution in [0.1, 0.15) is 44.0 Å². The summed E-state index contributed by atoms with van der Waals surface area (Å²) in [6.07, 6.45) is 2.33. The molecule has 1 heterocycles. The van der Waals surface area contributed by atoms with Gasteiger partial charge in [0.25, 0.3) is 0 Å². The molecule has 0 spiro atoms. The number of anilines is 1. The first-order valence-corrected chi connectivity index (χ1v) is 9.75. The Labute approximate surface area is 166 Å². The minimum absolute atomic E-state index is 0.0214. The van der Waals surface area contributed by atoms with E-state index in [-0.39, 0.29) is 6.04 Å². The molecule has 28 heavy (non-hydrogen) atoms. The molecule has 0 aromatic heterocycles. The van der Waals surface area contributed by atoms with E-state index < -0.39 is 11.7 Å². The van der Waals surface area contributed by atoms with E-state index in [1.807, 2.05) is 69.3 Å². The van der Waals surface area contributed by atoms with E-state index in [0.717, 1.165) is 42.5 Å². The molecule has 0 aliphatic carbocycles. The molecule has 0 bridgehead atoms. The highest BCUT2D eigenvalue weighted by atomic mass is 16.6. The van der Waals surface area contributed by atoms with E-state index in [0.29, 0.717) is 12.1 Å². The molecule has 1 fully saturated rings. The summed E-state index contributed by atoms with van der Waals surface area (Å²) < 4.78 is 5.39. The van der Waals surface area contributed by atoms with E-state index in [9.17, 15) is 9.59 Å². The van der Waals surface area contributed by atoms with Gasteiger partial charge in [0.1, 0.15) is 5.60 Å². The van der Waals surface area contributed by atoms with Crippen molar-refractivity contribution in [3.8, 4) is 11.1 Å². The van der Waals surface area contributed by atoms with Crippen LogP contribution in [0.25, 0.3) is 11.1 Å². The summed E-state index contributed by atoms with van der Waals surface area (Å²) in [5.41, 5.74) is 3.17. The Morgan fingerprint density at radius 3 is 2.57 bits per heavy atom. The van der Waals surface area contributed by atoms with E-state index in [2.05, 4.69) is 10.2 Å². The van der Waals surface area contributed by atoms with E-state index in [1.165, 1.54) is 0 Å². The number of carbonyl (C=O) groups is 2. The van der Waals surface area contributed by atoms with Crippen molar-refractivity contribution in [2.24, 2.45) is 0 Å². The molecule has 1 amide bonds. The highest BCUT2D eigenvalue weighted by Gasteiger charge is 2.26. The molecule has 1 aliphatic heterocycles. The third-order valence-corrected chi connectivity index (χ3v) is 4.74. The predicted octanol–water partition coefficient (Wildman–Crippen LogP) is 4.66. The minimum atomic E-state index is -0.525. The molecular weight excluding hydrogens is 352 g/mol. The van der Waals surface area contributed by atoms with Gasteiger partial charge in [-0.1, -0.05) is 42.5 Å². The number of ether oxygens (including phenoxy) is 1. The normalized spacial score (nSPS) is 17.1. The topological polar surface area (TPSA) is 58.6 Å². The number of alkyl carbamates (subject to hydrolysis) is 1. The number of rotatable bonds is 4. The van der Waals surface area contributed by atoms with Crippen LogP contribution in [0.4, 0.5) is 10.5 Å². The zero-order chi connectivity index (χ0) is 20.1. The first kappa shape index (κ1) is 19.9. The number of aldehydes is 1. The number of piperidine rings is 1. The largest absolute Gasteiger partial charge is 0.444 e. The van der Waals surface area contributed by atoms with Crippen molar-refractivity contribution in [2.45, 2.75) is 45.3 Å². The number of carbonyl (C=O) groups excluding carboxylic acids is 2. The Hall–Kier alpha value is -2.82. The Morgan fingerprint density at radius 1 is 1.14 bits per heavy atom. The van der Waals surface area contributed by atoms with Gasteiger partial charge < -0.3 is 15.0 Å². The SMILES string of the molecule is CC(C)(C)OC(=O)N[C@@H]1CCCN(c2c(C=O)cccc2-c2ccccc2)C1. The van der Waals surface area contributed by atoms with Crippen molar-refractivity contribution in [2.75, 3.05) is 18.0 Å². The minimum Gasteiger partial charge on any atom is -0.444 e. The van der Waals surface area contributed by atoms with Gasteiger partial charge in [-0.05, 0) is 45.2 Å². The van der Waals surface area contributed by atoms with Crippen molar-refractivity contribution in [1.82, 2.24) is 5.32 Å². The second-order valence-corrected chi connectivity index (χ2v) is 8.16. The van der Waals surface area contributed by atoms with Crippen LogP contribution in [0.15, 0.2) is 48.5 Å². The van der Waals surface area contributed by atoms with Crippen LogP contribution in [0.2, 0.25) is 0 Å². The van der Waals surface area contributed by atoms with Crippen molar-refractivity contribution in [3.05, 3.63) is 54.1 Å². The van der Waals surface area contributed by atoms with Crippen molar-refractivity contribution in [3.63, 3.8) is 0 Å². The zero-order valence-corrected chi connectivity index (χ0v) is 16.8. The predicted molar refractivity (Wildman–Crippen MR) is 112 cm³/mol. The molecule has 2 aromatic carbocycles. The first-order chi connectivity index (χ1) is 13.4. The van der Waals surface area contributed by atoms with Crippen LogP contribution in [-0.4, -0.2) is 37.1 Å². The number of para-hydroxylation sites is 1. The van der Waals surface area contributed by atoms with E-state index in [1.54, 1.807) is 0 Å². The maximum atomic E-state index is 12.2. The summed E-state index contributed by atoms with van der Waals surface area (Å²) in [7, 11) is 0. The van der Waals surface area contributed by atoms with Crippen LogP contribution in [0.5, 0.6) is 0 Å². The van der Waals surface area contributed by atoms with Gasteiger partial charge in [-0.25, -0.2) is 4.79 Å². The molecule has 148 valence electrons. The van der Waals surface area contributed by atoms with Gasteiger partial charge >= 0.3 is 6.09 Å². The molecule has 3 rings (SSSR count). The van der Waals surface area contributed by atoms with Gasteiger partial charge in [0.2, 0.25) is 0 Å². The Kier molecular flexibility index (Phi) is 6.02. The monoisotopic (exact) mass is 380 g/mol. The lowest BCUT2D eigenvalue weighted by molar-refractivity contribution is 0.0500. The van der Waals surface area contributed by atoms with Crippen molar-refractivity contribution < 1.29 is 14.3 Å². The fourth-order valence-corrected chi connectivity index (χ4v) is 3.63. The van der Waals surface area contributed by atoms with Crippen LogP contribution < -0.4 is 10.2 Å². The first-order valence-electron chi connectivity index (χ1n) is 9.75. The highest BCUT2D eigenvalue weighted by molar-refractivity contribution is 5.93. The summed E-state index contributed by atoms with van der Waals surface area (Å²) in [5.74, 6) is 0. The van der Waals surface area contributed by atoms with Gasteiger partial charge in [-0.3, -0.25) is 4.79 Å². The number of nitrogens with one attached hydrogen (secondary N) is 1. The molecule has 1 aliphatic rings. The second kappa shape index (κ2) is 8.46. The van der Waals surface area contributed by atoms with Gasteiger partial charge in [0, 0.05) is 30.3 Å². The maximum Gasteiger partial charge on any atom is 0.407 e. The lowest BCUT2D eigenvalue weighted by Crippen LogP contribution is -2.49. The second-order valence-electron chi connectivity index (χ2n) is 8.16. The Bertz CT molecular complexity index is 827. The van der Waals surface area contributed by atoms with Crippen LogP contribution >= 0.6 is 0 Å². The maximum absolute atomic E-state index is 12.2. The van der Waals surface area contributed by atoms with E-state index in [4.69, 9.17) is 4.74 Å².